The van der Waals surface area contributed by atoms with Gasteiger partial charge in [0, 0.05) is 13.5 Å². The number of ether oxygens (including phenoxy) is 2. The van der Waals surface area contributed by atoms with E-state index in [2.05, 4.69) is 25.1 Å². The van der Waals surface area contributed by atoms with Crippen LogP contribution in [0.4, 0.5) is 0 Å². The van der Waals surface area contributed by atoms with Crippen molar-refractivity contribution in [1.29, 1.82) is 0 Å². The van der Waals surface area contributed by atoms with E-state index in [0.29, 0.717) is 19.1 Å². The Morgan fingerprint density at radius 2 is 2.13 bits per heavy atom. The molecule has 4 heteroatoms. The summed E-state index contributed by atoms with van der Waals surface area (Å²) in [4.78, 5) is 14.2. The van der Waals surface area contributed by atoms with Crippen molar-refractivity contribution in [2.24, 2.45) is 0 Å². The van der Waals surface area contributed by atoms with Crippen molar-refractivity contribution in [3.05, 3.63) is 35.4 Å². The minimum absolute atomic E-state index is 0.00310. The fourth-order valence-electron chi connectivity index (χ4n) is 3.55. The van der Waals surface area contributed by atoms with Gasteiger partial charge in [0.1, 0.15) is 6.10 Å². The molecule has 23 heavy (non-hydrogen) atoms. The maximum atomic E-state index is 12.4. The molecule has 126 valence electrons. The van der Waals surface area contributed by atoms with Crippen molar-refractivity contribution < 1.29 is 14.3 Å². The summed E-state index contributed by atoms with van der Waals surface area (Å²) in [7, 11) is 1.88. The molecule has 0 aromatic heterocycles. The molecule has 1 amide bonds. The van der Waals surface area contributed by atoms with Gasteiger partial charge in [0.2, 0.25) is 5.91 Å². The summed E-state index contributed by atoms with van der Waals surface area (Å²) in [6.45, 7) is 3.46. The largest absolute Gasteiger partial charge is 0.375 e. The Morgan fingerprint density at radius 3 is 2.91 bits per heavy atom. The van der Waals surface area contributed by atoms with Crippen LogP contribution in [-0.4, -0.2) is 43.2 Å². The quantitative estimate of drug-likeness (QED) is 0.837. The van der Waals surface area contributed by atoms with Gasteiger partial charge >= 0.3 is 0 Å². The minimum Gasteiger partial charge on any atom is -0.375 e. The summed E-state index contributed by atoms with van der Waals surface area (Å²) in [5.41, 5.74) is 2.57. The number of likely N-dealkylation sites (N-methyl/N-ethyl adjacent to an activating group) is 1. The average Bonchev–Trinajstić information content (AvgIpc) is 2.98. The monoisotopic (exact) mass is 317 g/mol. The number of rotatable bonds is 5. The van der Waals surface area contributed by atoms with Crippen molar-refractivity contribution >= 4 is 5.91 Å². The zero-order valence-corrected chi connectivity index (χ0v) is 14.2. The van der Waals surface area contributed by atoms with Crippen molar-refractivity contribution in [2.45, 2.75) is 57.3 Å². The van der Waals surface area contributed by atoms with Gasteiger partial charge in [0.05, 0.1) is 25.4 Å². The molecule has 3 unspecified atom stereocenters. The number of benzene rings is 1. The lowest BCUT2D eigenvalue weighted by Gasteiger charge is -2.30. The van der Waals surface area contributed by atoms with Crippen LogP contribution in [0.25, 0.3) is 0 Å². The van der Waals surface area contributed by atoms with Crippen LogP contribution in [0.2, 0.25) is 0 Å². The molecule has 1 saturated heterocycles. The van der Waals surface area contributed by atoms with Crippen molar-refractivity contribution in [1.82, 2.24) is 4.90 Å². The maximum absolute atomic E-state index is 12.4. The second kappa shape index (κ2) is 7.45. The first-order valence-electron chi connectivity index (χ1n) is 8.72. The Hall–Kier alpha value is -1.39. The zero-order valence-electron chi connectivity index (χ0n) is 14.2. The van der Waals surface area contributed by atoms with Crippen LogP contribution in [-0.2, 0) is 20.7 Å². The van der Waals surface area contributed by atoms with Gasteiger partial charge in [-0.3, -0.25) is 4.79 Å². The minimum atomic E-state index is -0.00310. The molecule has 4 nitrogen and oxygen atoms in total. The Labute approximate surface area is 138 Å². The number of fused-ring (bicyclic) bond motifs is 1. The predicted octanol–water partition coefficient (Wildman–Crippen LogP) is 3.11. The van der Waals surface area contributed by atoms with Crippen LogP contribution >= 0.6 is 0 Å². The molecule has 0 saturated carbocycles. The van der Waals surface area contributed by atoms with E-state index in [-0.39, 0.29) is 18.1 Å². The average molecular weight is 317 g/mol. The highest BCUT2D eigenvalue weighted by Crippen LogP contribution is 2.28. The Morgan fingerprint density at radius 1 is 1.30 bits per heavy atom. The summed E-state index contributed by atoms with van der Waals surface area (Å²) < 4.78 is 11.7. The first-order chi connectivity index (χ1) is 11.1. The van der Waals surface area contributed by atoms with Gasteiger partial charge in [0.25, 0.3) is 0 Å². The smallest absolute Gasteiger partial charge is 0.222 e. The highest BCUT2D eigenvalue weighted by molar-refractivity contribution is 5.75. The second-order valence-electron chi connectivity index (χ2n) is 6.77. The molecule has 0 aliphatic carbocycles. The molecule has 3 atom stereocenters. The number of nitrogens with zero attached hydrogens (tertiary/aromatic N) is 1. The van der Waals surface area contributed by atoms with E-state index >= 15 is 0 Å². The van der Waals surface area contributed by atoms with E-state index in [1.807, 2.05) is 18.0 Å². The molecule has 0 N–H and O–H groups in total. The summed E-state index contributed by atoms with van der Waals surface area (Å²) >= 11 is 0. The van der Waals surface area contributed by atoms with Crippen LogP contribution in [0.15, 0.2) is 24.3 Å². The van der Waals surface area contributed by atoms with E-state index in [9.17, 15) is 4.79 Å². The van der Waals surface area contributed by atoms with Crippen LogP contribution in [0.3, 0.4) is 0 Å². The first kappa shape index (κ1) is 16.5. The van der Waals surface area contributed by atoms with Crippen LogP contribution < -0.4 is 0 Å². The predicted molar refractivity (Wildman–Crippen MR) is 89.3 cm³/mol. The fourth-order valence-corrected chi connectivity index (χ4v) is 3.55. The van der Waals surface area contributed by atoms with Gasteiger partial charge in [-0.25, -0.2) is 0 Å². The molecular formula is C19H27NO3. The molecule has 2 aliphatic heterocycles. The Bertz CT molecular complexity index is 545. The Kier molecular flexibility index (Phi) is 5.34. The van der Waals surface area contributed by atoms with Crippen LogP contribution in [0, 0.1) is 0 Å². The number of hydrogen-bond acceptors (Lipinski definition) is 3. The zero-order chi connectivity index (χ0) is 16.2. The van der Waals surface area contributed by atoms with Gasteiger partial charge in [-0.1, -0.05) is 24.3 Å². The highest BCUT2D eigenvalue weighted by atomic mass is 16.5. The molecule has 1 aromatic rings. The van der Waals surface area contributed by atoms with Gasteiger partial charge in [-0.05, 0) is 43.7 Å². The van der Waals surface area contributed by atoms with Gasteiger partial charge < -0.3 is 14.4 Å². The number of carbonyl (C=O) groups is 1. The lowest BCUT2D eigenvalue weighted by molar-refractivity contribution is -0.132. The first-order valence-corrected chi connectivity index (χ1v) is 8.72. The molecule has 1 aromatic carbocycles. The third kappa shape index (κ3) is 4.12. The molecule has 0 bridgehead atoms. The Balaban J connectivity index is 1.51. The summed E-state index contributed by atoms with van der Waals surface area (Å²) in [5.74, 6) is 0.180. The van der Waals surface area contributed by atoms with Crippen molar-refractivity contribution in [2.75, 3.05) is 20.2 Å². The maximum Gasteiger partial charge on any atom is 0.222 e. The van der Waals surface area contributed by atoms with E-state index in [1.54, 1.807) is 0 Å². The van der Waals surface area contributed by atoms with Gasteiger partial charge in [-0.2, -0.15) is 0 Å². The molecule has 2 aliphatic rings. The molecule has 0 spiro atoms. The lowest BCUT2D eigenvalue weighted by Crippen LogP contribution is -2.34. The summed E-state index contributed by atoms with van der Waals surface area (Å²) in [5, 5.41) is 0. The lowest BCUT2D eigenvalue weighted by atomic mass is 9.97. The molecule has 0 radical (unpaired) electrons. The molecular weight excluding hydrogens is 290 g/mol. The normalized spacial score (nSPS) is 26.8. The summed E-state index contributed by atoms with van der Waals surface area (Å²) in [6.07, 6.45) is 5.14. The number of carbonyl (C=O) groups excluding carboxylic acids is 1. The van der Waals surface area contributed by atoms with E-state index in [0.717, 1.165) is 32.3 Å². The topological polar surface area (TPSA) is 38.8 Å². The number of amides is 1. The summed E-state index contributed by atoms with van der Waals surface area (Å²) in [6, 6.07) is 8.39. The molecule has 3 rings (SSSR count). The number of hydrogen-bond donors (Lipinski definition) is 0. The standard InChI is InChI=1S/C19H27NO3/c1-14-7-8-16(23-14)9-10-19(21)20(2)13-18-17-6-4-3-5-15(17)11-12-22-18/h3-6,14,16,18H,7-13H2,1-2H3. The fraction of sp³-hybridized carbons (Fsp3) is 0.632. The van der Waals surface area contributed by atoms with Gasteiger partial charge in [-0.15, -0.1) is 0 Å². The van der Waals surface area contributed by atoms with Crippen LogP contribution in [0.1, 0.15) is 49.8 Å². The second-order valence-corrected chi connectivity index (χ2v) is 6.77. The third-order valence-corrected chi connectivity index (χ3v) is 4.96. The van der Waals surface area contributed by atoms with E-state index in [1.165, 1.54) is 11.1 Å². The van der Waals surface area contributed by atoms with Crippen molar-refractivity contribution in [3.8, 4) is 0 Å². The molecule has 2 heterocycles. The SMILES string of the molecule is CC1CCC(CCC(=O)N(C)CC2OCCc3ccccc32)O1. The third-order valence-electron chi connectivity index (χ3n) is 4.96. The molecule has 1 fully saturated rings. The van der Waals surface area contributed by atoms with Crippen molar-refractivity contribution in [3.63, 3.8) is 0 Å². The van der Waals surface area contributed by atoms with Gasteiger partial charge in [0.15, 0.2) is 0 Å². The highest BCUT2D eigenvalue weighted by Gasteiger charge is 2.25. The van der Waals surface area contributed by atoms with E-state index < -0.39 is 0 Å². The van der Waals surface area contributed by atoms with E-state index in [4.69, 9.17) is 9.47 Å². The van der Waals surface area contributed by atoms with Crippen LogP contribution in [0.5, 0.6) is 0 Å².